The molecule has 2 aromatic carbocycles. The quantitative estimate of drug-likeness (QED) is 0.727. The molecule has 0 aromatic heterocycles. The van der Waals surface area contributed by atoms with E-state index in [-0.39, 0.29) is 28.2 Å². The number of anilines is 2. The van der Waals surface area contributed by atoms with E-state index in [4.69, 9.17) is 11.6 Å². The van der Waals surface area contributed by atoms with Crippen LogP contribution in [0.4, 0.5) is 24.5 Å². The standard InChI is InChI=1S/C18H14ClF3N2O3S2/c1-9-8-24-16(25)7-11-15(5-4-14(28-9)17(11)24)29(26,27)23-10-2-3-13(19)12(6-10)18(20,21)22/h2-6,9,23H,7-8H2,1H3. The lowest BCUT2D eigenvalue weighted by atomic mass is 10.1. The highest BCUT2D eigenvalue weighted by molar-refractivity contribution is 8.00. The second-order valence-corrected chi connectivity index (χ2v) is 10.3. The zero-order chi connectivity index (χ0) is 21.1. The third kappa shape index (κ3) is 3.57. The van der Waals surface area contributed by atoms with Crippen molar-refractivity contribution in [2.24, 2.45) is 0 Å². The van der Waals surface area contributed by atoms with E-state index in [2.05, 4.69) is 4.72 Å². The summed E-state index contributed by atoms with van der Waals surface area (Å²) in [6.07, 6.45) is -4.79. The number of hydrogen-bond acceptors (Lipinski definition) is 4. The molecule has 4 rings (SSSR count). The summed E-state index contributed by atoms with van der Waals surface area (Å²) in [6, 6.07) is 5.80. The highest BCUT2D eigenvalue weighted by Gasteiger charge is 2.39. The molecule has 0 aliphatic carbocycles. The maximum atomic E-state index is 13.1. The van der Waals surface area contributed by atoms with Crippen LogP contribution in [0.3, 0.4) is 0 Å². The molecule has 5 nitrogen and oxygen atoms in total. The molecule has 0 spiro atoms. The molecule has 0 fully saturated rings. The van der Waals surface area contributed by atoms with Crippen molar-refractivity contribution in [1.29, 1.82) is 0 Å². The van der Waals surface area contributed by atoms with Crippen molar-refractivity contribution < 1.29 is 26.4 Å². The second kappa shape index (κ2) is 6.82. The first kappa shape index (κ1) is 20.4. The molecule has 1 N–H and O–H groups in total. The molecule has 2 aliphatic heterocycles. The van der Waals surface area contributed by atoms with Crippen LogP contribution >= 0.6 is 23.4 Å². The van der Waals surface area contributed by atoms with Gasteiger partial charge in [-0.25, -0.2) is 8.42 Å². The molecule has 29 heavy (non-hydrogen) atoms. The first-order valence-corrected chi connectivity index (χ1v) is 11.2. The van der Waals surface area contributed by atoms with E-state index in [1.54, 1.807) is 22.7 Å². The Morgan fingerprint density at radius 3 is 2.66 bits per heavy atom. The molecule has 0 radical (unpaired) electrons. The van der Waals surface area contributed by atoms with Crippen LogP contribution in [0.25, 0.3) is 0 Å². The molecule has 1 amide bonds. The van der Waals surface area contributed by atoms with Gasteiger partial charge in [-0.1, -0.05) is 18.5 Å². The van der Waals surface area contributed by atoms with Gasteiger partial charge >= 0.3 is 6.18 Å². The number of hydrogen-bond donors (Lipinski definition) is 1. The number of alkyl halides is 3. The number of amides is 1. The molecule has 1 unspecified atom stereocenters. The number of nitrogens with zero attached hydrogens (tertiary/aromatic N) is 1. The van der Waals surface area contributed by atoms with Gasteiger partial charge in [-0.3, -0.25) is 9.52 Å². The summed E-state index contributed by atoms with van der Waals surface area (Å²) in [5.41, 5.74) is -0.464. The molecule has 0 saturated carbocycles. The maximum absolute atomic E-state index is 13.1. The minimum atomic E-state index is -4.72. The van der Waals surface area contributed by atoms with Crippen LogP contribution in [0.15, 0.2) is 40.1 Å². The smallest absolute Gasteiger partial charge is 0.310 e. The van der Waals surface area contributed by atoms with Crippen LogP contribution in [0.2, 0.25) is 5.02 Å². The maximum Gasteiger partial charge on any atom is 0.417 e. The number of benzene rings is 2. The number of carbonyl (C=O) groups is 1. The van der Waals surface area contributed by atoms with Crippen LogP contribution in [0.5, 0.6) is 0 Å². The Morgan fingerprint density at radius 1 is 1.24 bits per heavy atom. The van der Waals surface area contributed by atoms with Crippen molar-refractivity contribution >= 4 is 50.7 Å². The highest BCUT2D eigenvalue weighted by atomic mass is 35.5. The average molecular weight is 463 g/mol. The van der Waals surface area contributed by atoms with Gasteiger partial charge in [-0.2, -0.15) is 13.2 Å². The third-order valence-corrected chi connectivity index (χ3v) is 7.61. The van der Waals surface area contributed by atoms with Crippen LogP contribution in [0.1, 0.15) is 18.1 Å². The van der Waals surface area contributed by atoms with Crippen LogP contribution < -0.4 is 9.62 Å². The number of halogens is 4. The molecule has 2 aliphatic rings. The Kier molecular flexibility index (Phi) is 4.79. The highest BCUT2D eigenvalue weighted by Crippen LogP contribution is 2.46. The fourth-order valence-electron chi connectivity index (χ4n) is 3.50. The Morgan fingerprint density at radius 2 is 1.97 bits per heavy atom. The molecule has 0 bridgehead atoms. The van der Waals surface area contributed by atoms with Gasteiger partial charge in [-0.05, 0) is 30.3 Å². The summed E-state index contributed by atoms with van der Waals surface area (Å²) in [4.78, 5) is 14.7. The Bertz CT molecular complexity index is 1140. The lowest BCUT2D eigenvalue weighted by Crippen LogP contribution is -2.35. The number of nitrogens with one attached hydrogen (secondary N) is 1. The van der Waals surface area contributed by atoms with Gasteiger partial charge in [0.2, 0.25) is 5.91 Å². The van der Waals surface area contributed by atoms with Crippen LogP contribution in [0, 0.1) is 0 Å². The second-order valence-electron chi connectivity index (χ2n) is 6.80. The monoisotopic (exact) mass is 462 g/mol. The minimum Gasteiger partial charge on any atom is -0.310 e. The molecule has 154 valence electrons. The molecule has 0 saturated heterocycles. The van der Waals surface area contributed by atoms with E-state index < -0.39 is 26.8 Å². The third-order valence-electron chi connectivity index (χ3n) is 4.68. The fraction of sp³-hybridized carbons (Fsp3) is 0.278. The zero-order valence-corrected chi connectivity index (χ0v) is 17.3. The number of rotatable bonds is 3. The summed E-state index contributed by atoms with van der Waals surface area (Å²) >= 11 is 7.14. The van der Waals surface area contributed by atoms with Gasteiger partial charge in [-0.15, -0.1) is 11.8 Å². The van der Waals surface area contributed by atoms with Gasteiger partial charge in [0.05, 0.1) is 27.6 Å². The summed E-state index contributed by atoms with van der Waals surface area (Å²) < 4.78 is 67.3. The molecule has 1 atom stereocenters. The zero-order valence-electron chi connectivity index (χ0n) is 14.9. The van der Waals surface area contributed by atoms with Crippen LogP contribution in [-0.4, -0.2) is 26.1 Å². The Labute approximate surface area is 174 Å². The number of thioether (sulfide) groups is 1. The topological polar surface area (TPSA) is 66.5 Å². The van der Waals surface area contributed by atoms with Crippen molar-refractivity contribution in [3.05, 3.63) is 46.5 Å². The number of sulfonamides is 1. The first-order valence-electron chi connectivity index (χ1n) is 8.50. The Hall–Kier alpha value is -1.91. The van der Waals surface area contributed by atoms with Crippen LogP contribution in [-0.2, 0) is 27.4 Å². The van der Waals surface area contributed by atoms with E-state index in [0.717, 1.165) is 17.0 Å². The fourth-order valence-corrected chi connectivity index (χ4v) is 6.16. The molecular formula is C18H14ClF3N2O3S2. The normalized spacial score (nSPS) is 18.7. The number of carbonyl (C=O) groups excluding carboxylic acids is 1. The van der Waals surface area contributed by atoms with Crippen molar-refractivity contribution in [3.8, 4) is 0 Å². The van der Waals surface area contributed by atoms with Crippen molar-refractivity contribution in [2.45, 2.75) is 34.6 Å². The summed E-state index contributed by atoms with van der Waals surface area (Å²) in [5.74, 6) is -0.193. The summed E-state index contributed by atoms with van der Waals surface area (Å²) in [6.45, 7) is 2.45. The first-order chi connectivity index (χ1) is 13.5. The van der Waals surface area contributed by atoms with Gasteiger partial charge in [0, 0.05) is 27.9 Å². The predicted molar refractivity (Wildman–Crippen MR) is 105 cm³/mol. The van der Waals surface area contributed by atoms with E-state index in [1.165, 1.54) is 6.07 Å². The SMILES string of the molecule is CC1CN2C(=O)Cc3c(S(=O)(=O)Nc4ccc(Cl)c(C(F)(F)F)c4)ccc(c32)S1. The summed E-state index contributed by atoms with van der Waals surface area (Å²) in [5, 5.41) is -0.354. The van der Waals surface area contributed by atoms with Gasteiger partial charge in [0.1, 0.15) is 0 Å². The molecule has 2 heterocycles. The molecule has 11 heteroatoms. The largest absolute Gasteiger partial charge is 0.417 e. The molecule has 2 aromatic rings. The lowest BCUT2D eigenvalue weighted by molar-refractivity contribution is -0.137. The Balaban J connectivity index is 1.75. The van der Waals surface area contributed by atoms with E-state index >= 15 is 0 Å². The van der Waals surface area contributed by atoms with Gasteiger partial charge in [0.15, 0.2) is 0 Å². The average Bonchev–Trinajstić information content (AvgIpc) is 2.93. The van der Waals surface area contributed by atoms with Gasteiger partial charge in [0.25, 0.3) is 10.0 Å². The lowest BCUT2D eigenvalue weighted by Gasteiger charge is -2.29. The predicted octanol–water partition coefficient (Wildman–Crippen LogP) is 4.54. The van der Waals surface area contributed by atoms with Gasteiger partial charge < -0.3 is 4.90 Å². The van der Waals surface area contributed by atoms with E-state index in [0.29, 0.717) is 23.9 Å². The van der Waals surface area contributed by atoms with E-state index in [1.807, 2.05) is 6.92 Å². The van der Waals surface area contributed by atoms with Crippen molar-refractivity contribution in [3.63, 3.8) is 0 Å². The summed E-state index contributed by atoms with van der Waals surface area (Å²) in [7, 11) is -4.22. The van der Waals surface area contributed by atoms with Crippen molar-refractivity contribution in [1.82, 2.24) is 0 Å². The molecular weight excluding hydrogens is 449 g/mol. The van der Waals surface area contributed by atoms with E-state index in [9.17, 15) is 26.4 Å². The van der Waals surface area contributed by atoms with Crippen molar-refractivity contribution in [2.75, 3.05) is 16.2 Å². The minimum absolute atomic E-state index is 0.0683.